The second-order valence-electron chi connectivity index (χ2n) is 6.61. The maximum atomic E-state index is 12.3. The molecule has 0 saturated heterocycles. The highest BCUT2D eigenvalue weighted by atomic mass is 32.1. The summed E-state index contributed by atoms with van der Waals surface area (Å²) in [6, 6.07) is 22.1. The highest BCUT2D eigenvalue weighted by Crippen LogP contribution is 2.21. The first-order valence-electron chi connectivity index (χ1n) is 9.25. The number of hydrogen-bond donors (Lipinski definition) is 1. The zero-order valence-corrected chi connectivity index (χ0v) is 16.8. The monoisotopic (exact) mass is 400 g/mol. The number of carbonyl (C=O) groups excluding carboxylic acids is 1. The summed E-state index contributed by atoms with van der Waals surface area (Å²) in [7, 11) is 0. The molecule has 2 aromatic carbocycles. The zero-order valence-electron chi connectivity index (χ0n) is 15.9. The van der Waals surface area contributed by atoms with Crippen LogP contribution in [0.4, 0.5) is 0 Å². The van der Waals surface area contributed by atoms with Crippen LogP contribution in [-0.4, -0.2) is 21.9 Å². The van der Waals surface area contributed by atoms with Crippen LogP contribution < -0.4 is 5.43 Å². The first-order valence-corrected chi connectivity index (χ1v) is 10.1. The Labute approximate surface area is 173 Å². The number of nitrogens with zero attached hydrogens (tertiary/aromatic N) is 3. The molecule has 0 radical (unpaired) electrons. The van der Waals surface area contributed by atoms with Crippen molar-refractivity contribution in [3.05, 3.63) is 99.9 Å². The molecular weight excluding hydrogens is 380 g/mol. The summed E-state index contributed by atoms with van der Waals surface area (Å²) >= 11 is 1.41. The van der Waals surface area contributed by atoms with E-state index in [-0.39, 0.29) is 5.91 Å². The molecule has 0 aliphatic heterocycles. The van der Waals surface area contributed by atoms with E-state index >= 15 is 0 Å². The molecule has 0 unspecified atom stereocenters. The average Bonchev–Trinajstić information content (AvgIpc) is 3.35. The van der Waals surface area contributed by atoms with E-state index in [1.54, 1.807) is 6.21 Å². The average molecular weight is 401 g/mol. The van der Waals surface area contributed by atoms with Crippen LogP contribution in [0, 0.1) is 6.92 Å². The van der Waals surface area contributed by atoms with Gasteiger partial charge >= 0.3 is 0 Å². The van der Waals surface area contributed by atoms with E-state index in [0.717, 1.165) is 22.4 Å². The summed E-state index contributed by atoms with van der Waals surface area (Å²) in [5.74, 6) is -0.202. The fourth-order valence-electron chi connectivity index (χ4n) is 3.02. The van der Waals surface area contributed by atoms with Crippen molar-refractivity contribution >= 4 is 23.5 Å². The van der Waals surface area contributed by atoms with Gasteiger partial charge in [-0.3, -0.25) is 9.48 Å². The number of rotatable bonds is 6. The molecule has 0 fully saturated rings. The van der Waals surface area contributed by atoms with E-state index in [4.69, 9.17) is 5.10 Å². The van der Waals surface area contributed by atoms with Gasteiger partial charge < -0.3 is 0 Å². The molecule has 5 nitrogen and oxygen atoms in total. The predicted octanol–water partition coefficient (Wildman–Crippen LogP) is 4.73. The smallest absolute Gasteiger partial charge is 0.267 e. The molecule has 0 saturated carbocycles. The van der Waals surface area contributed by atoms with Crippen LogP contribution in [0.15, 0.2) is 83.4 Å². The molecule has 4 rings (SSSR count). The van der Waals surface area contributed by atoms with Gasteiger partial charge in [0.2, 0.25) is 0 Å². The summed E-state index contributed by atoms with van der Waals surface area (Å²) in [4.78, 5) is 13.0. The molecule has 0 atom stereocenters. The summed E-state index contributed by atoms with van der Waals surface area (Å²) in [6.07, 6.45) is 3.60. The molecule has 2 aromatic heterocycles. The summed E-state index contributed by atoms with van der Waals surface area (Å²) in [5, 5.41) is 10.8. The van der Waals surface area contributed by atoms with Crippen molar-refractivity contribution in [3.8, 4) is 11.3 Å². The lowest BCUT2D eigenvalue weighted by atomic mass is 10.1. The SMILES string of the molecule is Cc1ccsc1C(=O)NN=Cc1cn(Cc2ccccc2)nc1-c1ccccc1. The third-order valence-corrected chi connectivity index (χ3v) is 5.48. The molecule has 2 heterocycles. The van der Waals surface area contributed by atoms with Gasteiger partial charge in [-0.25, -0.2) is 5.43 Å². The summed E-state index contributed by atoms with van der Waals surface area (Å²) in [6.45, 7) is 2.57. The maximum Gasteiger partial charge on any atom is 0.281 e. The Bertz CT molecular complexity index is 1130. The Balaban J connectivity index is 1.59. The number of carbonyl (C=O) groups is 1. The van der Waals surface area contributed by atoms with Crippen molar-refractivity contribution in [3.63, 3.8) is 0 Å². The van der Waals surface area contributed by atoms with E-state index < -0.39 is 0 Å². The number of aryl methyl sites for hydroxylation is 1. The molecule has 0 bridgehead atoms. The lowest BCUT2D eigenvalue weighted by molar-refractivity contribution is 0.0958. The number of nitrogens with one attached hydrogen (secondary N) is 1. The number of amides is 1. The van der Waals surface area contributed by atoms with Crippen LogP contribution in [0.25, 0.3) is 11.3 Å². The number of thiophene rings is 1. The number of benzene rings is 2. The molecule has 0 aliphatic rings. The van der Waals surface area contributed by atoms with Crippen molar-refractivity contribution in [1.82, 2.24) is 15.2 Å². The normalized spacial score (nSPS) is 11.1. The third kappa shape index (κ3) is 4.50. The van der Waals surface area contributed by atoms with Crippen LogP contribution in [0.3, 0.4) is 0 Å². The minimum Gasteiger partial charge on any atom is -0.267 e. The molecular formula is C23H20N4OS. The van der Waals surface area contributed by atoms with Gasteiger partial charge in [-0.05, 0) is 29.5 Å². The molecule has 0 aliphatic carbocycles. The van der Waals surface area contributed by atoms with Crippen molar-refractivity contribution in [1.29, 1.82) is 0 Å². The van der Waals surface area contributed by atoms with E-state index in [1.807, 2.05) is 77.8 Å². The largest absolute Gasteiger partial charge is 0.281 e. The lowest BCUT2D eigenvalue weighted by Crippen LogP contribution is -2.17. The first-order chi connectivity index (χ1) is 14.2. The highest BCUT2D eigenvalue weighted by Gasteiger charge is 2.12. The van der Waals surface area contributed by atoms with Crippen LogP contribution in [0.5, 0.6) is 0 Å². The van der Waals surface area contributed by atoms with Crippen molar-refractivity contribution in [2.75, 3.05) is 0 Å². The van der Waals surface area contributed by atoms with Crippen LogP contribution in [0.1, 0.15) is 26.4 Å². The van der Waals surface area contributed by atoms with Crippen molar-refractivity contribution < 1.29 is 4.79 Å². The molecule has 144 valence electrons. The van der Waals surface area contributed by atoms with E-state index in [2.05, 4.69) is 22.7 Å². The number of aromatic nitrogens is 2. The molecule has 1 N–H and O–H groups in total. The van der Waals surface area contributed by atoms with Gasteiger partial charge in [0.25, 0.3) is 5.91 Å². The predicted molar refractivity (Wildman–Crippen MR) is 117 cm³/mol. The van der Waals surface area contributed by atoms with E-state index in [9.17, 15) is 4.79 Å². The standard InChI is InChI=1S/C23H20N4OS/c1-17-12-13-29-22(17)23(28)25-24-14-20-16-27(15-18-8-4-2-5-9-18)26-21(20)19-10-6-3-7-11-19/h2-14,16H,15H2,1H3,(H,25,28). The van der Waals surface area contributed by atoms with Gasteiger partial charge in [-0.15, -0.1) is 11.3 Å². The fraction of sp³-hybridized carbons (Fsp3) is 0.0870. The molecule has 0 spiro atoms. The maximum absolute atomic E-state index is 12.3. The second kappa shape index (κ2) is 8.67. The lowest BCUT2D eigenvalue weighted by Gasteiger charge is -2.01. The third-order valence-electron chi connectivity index (χ3n) is 4.46. The fourth-order valence-corrected chi connectivity index (χ4v) is 3.83. The molecule has 1 amide bonds. The quantitative estimate of drug-likeness (QED) is 0.376. The van der Waals surface area contributed by atoms with Gasteiger partial charge in [-0.1, -0.05) is 60.7 Å². The first kappa shape index (κ1) is 18.8. The molecule has 29 heavy (non-hydrogen) atoms. The van der Waals surface area contributed by atoms with Crippen molar-refractivity contribution in [2.45, 2.75) is 13.5 Å². The minimum atomic E-state index is -0.202. The van der Waals surface area contributed by atoms with Gasteiger partial charge in [0.1, 0.15) is 5.69 Å². The summed E-state index contributed by atoms with van der Waals surface area (Å²) < 4.78 is 1.89. The van der Waals surface area contributed by atoms with Gasteiger partial charge in [-0.2, -0.15) is 10.2 Å². The molecule has 6 heteroatoms. The number of hydrazone groups is 1. The highest BCUT2D eigenvalue weighted by molar-refractivity contribution is 7.12. The Morgan fingerprint density at radius 3 is 2.52 bits per heavy atom. The van der Waals surface area contributed by atoms with Gasteiger partial charge in [0, 0.05) is 17.3 Å². The van der Waals surface area contributed by atoms with Gasteiger partial charge in [0.15, 0.2) is 0 Å². The topological polar surface area (TPSA) is 59.3 Å². The van der Waals surface area contributed by atoms with Crippen LogP contribution in [-0.2, 0) is 6.54 Å². The minimum absolute atomic E-state index is 0.202. The van der Waals surface area contributed by atoms with E-state index in [0.29, 0.717) is 11.4 Å². The summed E-state index contributed by atoms with van der Waals surface area (Å²) in [5.41, 5.74) is 7.40. The Morgan fingerprint density at radius 1 is 1.10 bits per heavy atom. The van der Waals surface area contributed by atoms with Crippen molar-refractivity contribution in [2.24, 2.45) is 5.10 Å². The Kier molecular flexibility index (Phi) is 5.63. The Hall–Kier alpha value is -3.51. The number of hydrogen-bond acceptors (Lipinski definition) is 4. The molecule has 4 aromatic rings. The van der Waals surface area contributed by atoms with E-state index in [1.165, 1.54) is 16.9 Å². The Morgan fingerprint density at radius 2 is 1.83 bits per heavy atom. The second-order valence-corrected chi connectivity index (χ2v) is 7.53. The zero-order chi connectivity index (χ0) is 20.1. The van der Waals surface area contributed by atoms with Crippen LogP contribution >= 0.6 is 11.3 Å². The van der Waals surface area contributed by atoms with Gasteiger partial charge in [0.05, 0.1) is 17.6 Å². The van der Waals surface area contributed by atoms with Crippen LogP contribution in [0.2, 0.25) is 0 Å².